The minimum atomic E-state index is -2.50. The van der Waals surface area contributed by atoms with Crippen LogP contribution in [0.25, 0.3) is 0 Å². The number of rotatable bonds is 8. The lowest BCUT2D eigenvalue weighted by Gasteiger charge is -2.46. The zero-order valence-corrected chi connectivity index (χ0v) is 19.8. The first-order chi connectivity index (χ1) is 15.9. The minimum Gasteiger partial charge on any atom is -0.469 e. The molecule has 34 heavy (non-hydrogen) atoms. The van der Waals surface area contributed by atoms with E-state index in [1.807, 2.05) is 0 Å². The lowest BCUT2D eigenvalue weighted by Crippen LogP contribution is -2.67. The SMILES string of the molecule is COC(=O)C1[C@@H]2[C@@H](OC(C)=O)[C@@H](OC(C)=O)[C@@H](COC(C)=O)O[C@@]2(C(=O)OC)OC1(OC)OC. The Balaban J connectivity index is 2.81. The summed E-state index contributed by atoms with van der Waals surface area (Å²) in [5, 5.41) is 0. The summed E-state index contributed by atoms with van der Waals surface area (Å²) in [5.74, 6) is -12.5. The zero-order valence-electron chi connectivity index (χ0n) is 19.8. The van der Waals surface area contributed by atoms with E-state index in [9.17, 15) is 24.0 Å². The second kappa shape index (κ2) is 10.6. The molecule has 0 N–H and O–H groups in total. The third-order valence-corrected chi connectivity index (χ3v) is 5.39. The van der Waals surface area contributed by atoms with Crippen molar-refractivity contribution < 1.29 is 66.6 Å². The Labute approximate surface area is 194 Å². The molecule has 0 spiro atoms. The fourth-order valence-electron chi connectivity index (χ4n) is 4.20. The van der Waals surface area contributed by atoms with Crippen molar-refractivity contribution in [3.8, 4) is 0 Å². The highest BCUT2D eigenvalue weighted by atomic mass is 16.9. The lowest BCUT2D eigenvalue weighted by molar-refractivity contribution is -0.415. The van der Waals surface area contributed by atoms with E-state index in [-0.39, 0.29) is 0 Å². The molecule has 2 fully saturated rings. The molecule has 6 atom stereocenters. The summed E-state index contributed by atoms with van der Waals surface area (Å²) < 4.78 is 47.9. The summed E-state index contributed by atoms with van der Waals surface area (Å²) in [6, 6.07) is 0. The fraction of sp³-hybridized carbons (Fsp3) is 0.750. The Morgan fingerprint density at radius 3 is 1.79 bits per heavy atom. The van der Waals surface area contributed by atoms with Crippen molar-refractivity contribution in [2.75, 3.05) is 35.0 Å². The van der Waals surface area contributed by atoms with Crippen LogP contribution in [0.3, 0.4) is 0 Å². The van der Waals surface area contributed by atoms with Crippen LogP contribution in [0, 0.1) is 11.8 Å². The summed E-state index contributed by atoms with van der Waals surface area (Å²) in [7, 11) is 4.34. The largest absolute Gasteiger partial charge is 0.469 e. The van der Waals surface area contributed by atoms with Crippen LogP contribution in [-0.2, 0) is 66.6 Å². The first kappa shape index (κ1) is 27.4. The number of hydrogen-bond donors (Lipinski definition) is 0. The Morgan fingerprint density at radius 1 is 0.794 bits per heavy atom. The van der Waals surface area contributed by atoms with Gasteiger partial charge in [0.15, 0.2) is 18.1 Å². The van der Waals surface area contributed by atoms with E-state index in [1.165, 1.54) is 0 Å². The van der Waals surface area contributed by atoms with Crippen LogP contribution in [0.4, 0.5) is 0 Å². The van der Waals surface area contributed by atoms with Crippen molar-refractivity contribution in [3.63, 3.8) is 0 Å². The molecule has 192 valence electrons. The molecule has 2 aliphatic heterocycles. The highest BCUT2D eigenvalue weighted by Crippen LogP contribution is 2.55. The second-order valence-corrected chi connectivity index (χ2v) is 7.41. The van der Waals surface area contributed by atoms with E-state index >= 15 is 0 Å². The molecule has 0 saturated carbocycles. The van der Waals surface area contributed by atoms with Gasteiger partial charge in [-0.1, -0.05) is 0 Å². The van der Waals surface area contributed by atoms with Gasteiger partial charge < -0.3 is 37.9 Å². The third kappa shape index (κ3) is 4.85. The predicted octanol–water partition coefficient (Wildman–Crippen LogP) is -0.937. The smallest absolute Gasteiger partial charge is 0.367 e. The highest BCUT2D eigenvalue weighted by molar-refractivity contribution is 5.83. The van der Waals surface area contributed by atoms with Crippen molar-refractivity contribution in [3.05, 3.63) is 0 Å². The van der Waals surface area contributed by atoms with Crippen LogP contribution in [-0.4, -0.2) is 95.0 Å². The van der Waals surface area contributed by atoms with Crippen molar-refractivity contribution in [2.24, 2.45) is 11.8 Å². The Morgan fingerprint density at radius 2 is 1.35 bits per heavy atom. The molecule has 2 heterocycles. The number of carbonyl (C=O) groups excluding carboxylic acids is 5. The summed E-state index contributed by atoms with van der Waals surface area (Å²) in [6.07, 6.45) is -4.43. The number of hydrogen-bond acceptors (Lipinski definition) is 14. The Kier molecular flexibility index (Phi) is 8.58. The maximum absolute atomic E-state index is 13.1. The number of esters is 5. The van der Waals surface area contributed by atoms with Gasteiger partial charge in [0.05, 0.1) is 20.1 Å². The van der Waals surface area contributed by atoms with Crippen molar-refractivity contribution in [1.82, 2.24) is 0 Å². The lowest BCUT2D eigenvalue weighted by atomic mass is 9.76. The van der Waals surface area contributed by atoms with Crippen LogP contribution in [0.5, 0.6) is 0 Å². The zero-order chi connectivity index (χ0) is 25.8. The van der Waals surface area contributed by atoms with Gasteiger partial charge in [-0.05, 0) is 0 Å². The Hall–Kier alpha value is -2.81. The molecule has 14 nitrogen and oxygen atoms in total. The molecule has 0 amide bonds. The second-order valence-electron chi connectivity index (χ2n) is 7.41. The van der Waals surface area contributed by atoms with Crippen molar-refractivity contribution in [1.29, 1.82) is 0 Å². The summed E-state index contributed by atoms with van der Waals surface area (Å²) in [5.41, 5.74) is 0. The van der Waals surface area contributed by atoms with Crippen molar-refractivity contribution in [2.45, 2.75) is 50.8 Å². The van der Waals surface area contributed by atoms with Gasteiger partial charge >= 0.3 is 29.8 Å². The quantitative estimate of drug-likeness (QED) is 0.231. The average molecular weight is 492 g/mol. The van der Waals surface area contributed by atoms with Crippen LogP contribution in [0.1, 0.15) is 20.8 Å². The molecule has 2 rings (SSSR count). The van der Waals surface area contributed by atoms with E-state index in [0.717, 1.165) is 49.2 Å². The molecule has 0 bridgehead atoms. The number of methoxy groups -OCH3 is 4. The van der Waals surface area contributed by atoms with Crippen LogP contribution >= 0.6 is 0 Å². The molecule has 0 aliphatic carbocycles. The standard InChI is InChI=1S/C20H28O14/c1-9(21)30-8-12-15(31-10(2)22)16(32-11(3)23)13-14(17(24)26-4)20(28-6,29-7)34-19(13,33-12)18(25)27-5/h12-16H,8H2,1-7H3/t12-,13-,14?,15+,16-,19-/m1/s1. The molecular weight excluding hydrogens is 464 g/mol. The maximum atomic E-state index is 13.1. The molecule has 1 unspecified atom stereocenters. The van der Waals surface area contributed by atoms with Gasteiger partial charge in [-0.15, -0.1) is 0 Å². The van der Waals surface area contributed by atoms with Crippen LogP contribution in [0.2, 0.25) is 0 Å². The molecule has 14 heteroatoms. The molecular formula is C20H28O14. The van der Waals surface area contributed by atoms with Gasteiger partial charge in [0.2, 0.25) is 0 Å². The van der Waals surface area contributed by atoms with Crippen LogP contribution in [0.15, 0.2) is 0 Å². The molecule has 2 saturated heterocycles. The van der Waals surface area contributed by atoms with Gasteiger partial charge in [0.1, 0.15) is 12.7 Å². The average Bonchev–Trinajstić information content (AvgIpc) is 3.09. The predicted molar refractivity (Wildman–Crippen MR) is 104 cm³/mol. The molecule has 0 radical (unpaired) electrons. The van der Waals surface area contributed by atoms with Gasteiger partial charge in [-0.2, -0.15) is 0 Å². The van der Waals surface area contributed by atoms with E-state index in [4.69, 9.17) is 42.6 Å². The van der Waals surface area contributed by atoms with E-state index < -0.39 is 78.4 Å². The van der Waals surface area contributed by atoms with Gasteiger partial charge in [0, 0.05) is 35.0 Å². The molecule has 0 aromatic rings. The van der Waals surface area contributed by atoms with E-state index in [0.29, 0.717) is 0 Å². The summed E-state index contributed by atoms with van der Waals surface area (Å²) in [4.78, 5) is 61.5. The van der Waals surface area contributed by atoms with Gasteiger partial charge in [0.25, 0.3) is 11.8 Å². The normalized spacial score (nSPS) is 31.6. The third-order valence-electron chi connectivity index (χ3n) is 5.39. The molecule has 2 aliphatic rings. The molecule has 0 aromatic heterocycles. The monoisotopic (exact) mass is 492 g/mol. The van der Waals surface area contributed by atoms with E-state index in [2.05, 4.69) is 0 Å². The first-order valence-electron chi connectivity index (χ1n) is 10.0. The number of fused-ring (bicyclic) bond motifs is 1. The van der Waals surface area contributed by atoms with Crippen LogP contribution < -0.4 is 0 Å². The topological polar surface area (TPSA) is 168 Å². The maximum Gasteiger partial charge on any atom is 0.367 e. The highest BCUT2D eigenvalue weighted by Gasteiger charge is 2.78. The van der Waals surface area contributed by atoms with Crippen molar-refractivity contribution >= 4 is 29.8 Å². The molecule has 0 aromatic carbocycles. The first-order valence-corrected chi connectivity index (χ1v) is 10.0. The van der Waals surface area contributed by atoms with Gasteiger partial charge in [-0.25, -0.2) is 4.79 Å². The van der Waals surface area contributed by atoms with Gasteiger partial charge in [-0.3, -0.25) is 23.9 Å². The summed E-state index contributed by atoms with van der Waals surface area (Å²) in [6.45, 7) is 2.71. The number of ether oxygens (including phenoxy) is 9. The Bertz CT molecular complexity index is 820. The summed E-state index contributed by atoms with van der Waals surface area (Å²) >= 11 is 0. The number of carbonyl (C=O) groups is 5. The van der Waals surface area contributed by atoms with E-state index in [1.54, 1.807) is 0 Å². The minimum absolute atomic E-state index is 0.546. The fourth-order valence-corrected chi connectivity index (χ4v) is 4.20.